The van der Waals surface area contributed by atoms with Crippen molar-refractivity contribution in [2.45, 2.75) is 0 Å². The summed E-state index contributed by atoms with van der Waals surface area (Å²) in [5.74, 6) is 0. The number of hydrogen-bond donors (Lipinski definition) is 0. The van der Waals surface area contributed by atoms with Gasteiger partial charge in [-0.2, -0.15) is 0 Å². The minimum atomic E-state index is -1.75. The van der Waals surface area contributed by atoms with Crippen LogP contribution in [-0.2, 0) is 7.61 Å². The molecule has 0 aromatic heterocycles. The van der Waals surface area contributed by atoms with Gasteiger partial charge in [-0.3, -0.25) is 0 Å². The number of rotatable bonds is 0. The summed E-state index contributed by atoms with van der Waals surface area (Å²) in [4.78, 5) is 0. The molecule has 0 amide bonds. The van der Waals surface area contributed by atoms with Crippen molar-refractivity contribution in [2.75, 3.05) is 0 Å². The van der Waals surface area contributed by atoms with Crippen LogP contribution in [0.25, 0.3) is 0 Å². The topological polar surface area (TPSA) is 80.3 Å². The Balaban J connectivity index is -0.0000000160. The molecule has 0 aliphatic heterocycles. The van der Waals surface area contributed by atoms with Crippen molar-refractivity contribution < 1.29 is 15.9 Å². The van der Waals surface area contributed by atoms with Crippen LogP contribution in [0.4, 0.5) is 0 Å². The maximum Gasteiger partial charge on any atom is -0.0149 e. The van der Waals surface area contributed by atoms with Crippen molar-refractivity contribution in [3.63, 3.8) is 0 Å². The van der Waals surface area contributed by atoms with Crippen LogP contribution in [0.15, 0.2) is 0 Å². The summed E-state index contributed by atoms with van der Waals surface area (Å²) in [6, 6.07) is 0. The van der Waals surface area contributed by atoms with Gasteiger partial charge in [-0.15, -0.1) is 0 Å². The Kier molecular flexibility index (Phi) is 106. The fourth-order valence-electron chi connectivity index (χ4n) is 0. The van der Waals surface area contributed by atoms with Gasteiger partial charge in [0.1, 0.15) is 0 Å². The summed E-state index contributed by atoms with van der Waals surface area (Å²) in [7, 11) is 0. The van der Waals surface area contributed by atoms with Gasteiger partial charge in [-0.25, -0.2) is 0 Å². The zero-order chi connectivity index (χ0) is 5.41. The molecule has 0 rings (SSSR count). The summed E-state index contributed by atoms with van der Waals surface area (Å²) in [5.41, 5.74) is 0. The molecular formula is H4Al2CaO4Si. The fourth-order valence-corrected chi connectivity index (χ4v) is 0. The quantitative estimate of drug-likeness (QED) is 0.357. The average Bonchev–Trinajstić information content (AvgIpc) is 1.39. The van der Waals surface area contributed by atoms with E-state index >= 15 is 0 Å². The second-order valence-corrected chi connectivity index (χ2v) is 0.577. The average molecular weight is 190 g/mol. The van der Waals surface area contributed by atoms with Gasteiger partial charge in [0.05, 0.1) is 0 Å². The first-order valence-electron chi connectivity index (χ1n) is 0.943. The van der Waals surface area contributed by atoms with Crippen LogP contribution in [0.1, 0.15) is 0 Å². The molecule has 0 aliphatic rings. The van der Waals surface area contributed by atoms with E-state index in [2.05, 4.69) is 0 Å². The summed E-state index contributed by atoms with van der Waals surface area (Å²) in [6.45, 7) is 0. The van der Waals surface area contributed by atoms with Crippen molar-refractivity contribution in [1.29, 1.82) is 0 Å². The molecule has 8 heteroatoms. The molecule has 40 valence electrons. The molecule has 0 radical (unpaired) electrons. The standard InChI is InChI=1S/2Al.Ca.4O.H4Si/h;;;;;;;1H4/q;;+2;;;2*-1;. The normalized spacial score (nSPS) is 2.00. The molecule has 4 nitrogen and oxygen atoms in total. The van der Waals surface area contributed by atoms with E-state index in [4.69, 9.17) is 15.9 Å². The summed E-state index contributed by atoms with van der Waals surface area (Å²) in [5, 5.41) is 0. The van der Waals surface area contributed by atoms with E-state index in [1.54, 1.807) is 0 Å². The molecule has 0 aromatic carbocycles. The van der Waals surface area contributed by atoms with Gasteiger partial charge in [0.25, 0.3) is 0 Å². The van der Waals surface area contributed by atoms with Crippen molar-refractivity contribution in [1.82, 2.24) is 0 Å². The van der Waals surface area contributed by atoms with Crippen LogP contribution in [0.5, 0.6) is 0 Å². The van der Waals surface area contributed by atoms with E-state index in [1.807, 2.05) is 0 Å². The Morgan fingerprint density at radius 2 is 1.00 bits per heavy atom. The van der Waals surface area contributed by atoms with Crippen LogP contribution in [0, 0.1) is 0 Å². The summed E-state index contributed by atoms with van der Waals surface area (Å²) in [6.07, 6.45) is 0. The molecule has 0 aliphatic carbocycles. The number of hydrogen-bond acceptors (Lipinski definition) is 4. The van der Waals surface area contributed by atoms with Gasteiger partial charge < -0.3 is 0 Å². The third-order valence-corrected chi connectivity index (χ3v) is 0. The first-order valence-corrected chi connectivity index (χ1v) is 2.83. The van der Waals surface area contributed by atoms with E-state index in [-0.39, 0.29) is 48.7 Å². The predicted molar refractivity (Wildman–Crippen MR) is 30.0 cm³/mol. The van der Waals surface area contributed by atoms with Crippen molar-refractivity contribution in [3.05, 3.63) is 0 Å². The fraction of sp³-hybridized carbons (Fsp3) is 0. The maximum absolute atomic E-state index is 8.46. The van der Waals surface area contributed by atoms with Gasteiger partial charge in [0.15, 0.2) is 0 Å². The van der Waals surface area contributed by atoms with Gasteiger partial charge in [0, 0.05) is 0 Å². The Morgan fingerprint density at radius 1 is 1.00 bits per heavy atom. The van der Waals surface area contributed by atoms with Crippen LogP contribution in [0.2, 0.25) is 0 Å². The molecular weight excluding hydrogens is 186 g/mol. The molecule has 0 bridgehead atoms. The second-order valence-electron chi connectivity index (χ2n) is 0.192. The third-order valence-electron chi connectivity index (χ3n) is 0. The third kappa shape index (κ3) is 116. The molecule has 0 spiro atoms. The largest absolute Gasteiger partial charge is 0.0149 e. The Bertz CT molecular complexity index is 35.0. The Hall–Kier alpha value is 1.74. The van der Waals surface area contributed by atoms with Crippen molar-refractivity contribution in [2.24, 2.45) is 0 Å². The smallest absolute Gasteiger partial charge is 0.0149 e. The van der Waals surface area contributed by atoms with E-state index in [0.717, 1.165) is 0 Å². The minimum absolute atomic E-state index is 0. The molecule has 0 aromatic rings. The van der Waals surface area contributed by atoms with Crippen LogP contribution in [0.3, 0.4) is 0 Å². The zero-order valence-corrected chi connectivity index (χ0v) is 8.01. The minimum Gasteiger partial charge on any atom is -0.0149 e. The molecule has 0 saturated carbocycles. The van der Waals surface area contributed by atoms with Gasteiger partial charge in [0.2, 0.25) is 0 Å². The van der Waals surface area contributed by atoms with Crippen molar-refractivity contribution in [3.8, 4) is 0 Å². The Morgan fingerprint density at radius 3 is 1.00 bits per heavy atom. The van der Waals surface area contributed by atoms with Crippen LogP contribution >= 0.6 is 0 Å². The van der Waals surface area contributed by atoms with Gasteiger partial charge in [-0.05, 0) is 11.0 Å². The first-order chi connectivity index (χ1) is 2.83. The molecule has 0 saturated heterocycles. The van der Waals surface area contributed by atoms with Crippen molar-refractivity contribution >= 4 is 79.7 Å². The monoisotopic (exact) mass is 190 g/mol. The molecule has 0 heterocycles. The van der Waals surface area contributed by atoms with Crippen LogP contribution in [-0.4, -0.2) is 79.7 Å². The molecule has 0 atom stereocenters. The van der Waals surface area contributed by atoms with Crippen LogP contribution < -0.4 is 8.32 Å². The zero-order valence-electron chi connectivity index (χ0n) is 3.49. The molecule has 0 N–H and O–H groups in total. The molecule has 0 fully saturated rings. The summed E-state index contributed by atoms with van der Waals surface area (Å²) >= 11 is -3.50. The second kappa shape index (κ2) is 37.4. The van der Waals surface area contributed by atoms with E-state index < -0.39 is 31.0 Å². The van der Waals surface area contributed by atoms with E-state index in [9.17, 15) is 0 Å². The van der Waals surface area contributed by atoms with Gasteiger partial charge in [-0.1, -0.05) is 0 Å². The van der Waals surface area contributed by atoms with E-state index in [1.165, 1.54) is 0 Å². The SMILES string of the molecule is [Ca+2].[O]=[Al][O-].[O]=[Al][O-].[SiH4]. The first kappa shape index (κ1) is 22.6. The van der Waals surface area contributed by atoms with E-state index in [0.29, 0.717) is 0 Å². The molecule has 0 unspecified atom stereocenters. The maximum atomic E-state index is 8.46. The summed E-state index contributed by atoms with van der Waals surface area (Å²) < 4.78 is 33.8. The molecule has 8 heavy (non-hydrogen) atoms. The Labute approximate surface area is 94.2 Å². The predicted octanol–water partition coefficient (Wildman–Crippen LogP) is -5.21. The van der Waals surface area contributed by atoms with Gasteiger partial charge >= 0.3 is 84.6 Å².